The van der Waals surface area contributed by atoms with Gasteiger partial charge in [-0.15, -0.1) is 0 Å². The average Bonchev–Trinajstić information content (AvgIpc) is 2.44. The fourth-order valence-corrected chi connectivity index (χ4v) is 1.86. The van der Waals surface area contributed by atoms with E-state index >= 15 is 0 Å². The number of hydrogen-bond acceptors (Lipinski definition) is 3. The van der Waals surface area contributed by atoms with Gasteiger partial charge in [-0.25, -0.2) is 4.39 Å². The van der Waals surface area contributed by atoms with Crippen LogP contribution in [0.25, 0.3) is 0 Å². The molecule has 3 N–H and O–H groups in total. The normalized spacial score (nSPS) is 10.2. The van der Waals surface area contributed by atoms with Gasteiger partial charge in [-0.05, 0) is 42.8 Å². The van der Waals surface area contributed by atoms with Crippen molar-refractivity contribution in [3.8, 4) is 5.75 Å². The van der Waals surface area contributed by atoms with Crippen LogP contribution in [-0.2, 0) is 4.79 Å². The molecule has 2 rings (SSSR count). The predicted molar refractivity (Wildman–Crippen MR) is 81.1 cm³/mol. The zero-order valence-corrected chi connectivity index (χ0v) is 12.1. The molecule has 1 amide bonds. The summed E-state index contributed by atoms with van der Waals surface area (Å²) in [6.07, 6.45) is 0. The number of carbonyl (C=O) groups excluding carboxylic acids is 1. The van der Waals surface area contributed by atoms with Gasteiger partial charge in [0.05, 0.1) is 5.69 Å². The van der Waals surface area contributed by atoms with Crippen LogP contribution in [0.1, 0.15) is 5.56 Å². The maximum absolute atomic E-state index is 13.5. The first kappa shape index (κ1) is 15.1. The number of nitrogen functional groups attached to an aromatic ring is 1. The molecule has 110 valence electrons. The molecule has 0 bridgehead atoms. The molecule has 4 nitrogen and oxygen atoms in total. The molecule has 0 aliphatic carbocycles. The van der Waals surface area contributed by atoms with E-state index in [4.69, 9.17) is 22.1 Å². The van der Waals surface area contributed by atoms with Gasteiger partial charge in [0.2, 0.25) is 0 Å². The first-order chi connectivity index (χ1) is 9.95. The van der Waals surface area contributed by atoms with Crippen LogP contribution in [0.15, 0.2) is 36.4 Å². The molecule has 21 heavy (non-hydrogen) atoms. The van der Waals surface area contributed by atoms with Crippen LogP contribution in [0, 0.1) is 12.7 Å². The standard InChI is InChI=1S/C15H14ClFN2O2/c1-9-2-3-10(16)6-14(9)21-8-15(20)19-13-7-11(18)4-5-12(13)17/h2-7H,8,18H2,1H3,(H,19,20). The topological polar surface area (TPSA) is 64.3 Å². The Hall–Kier alpha value is -2.27. The molecule has 0 aliphatic rings. The van der Waals surface area contributed by atoms with E-state index in [1.807, 2.05) is 6.92 Å². The van der Waals surface area contributed by atoms with Crippen molar-refractivity contribution in [2.45, 2.75) is 6.92 Å². The van der Waals surface area contributed by atoms with E-state index in [2.05, 4.69) is 5.32 Å². The molecule has 0 spiro atoms. The molecule has 2 aromatic carbocycles. The molecule has 0 fully saturated rings. The van der Waals surface area contributed by atoms with Gasteiger partial charge >= 0.3 is 0 Å². The number of rotatable bonds is 4. The second kappa shape index (κ2) is 6.45. The number of ether oxygens (including phenoxy) is 1. The highest BCUT2D eigenvalue weighted by atomic mass is 35.5. The van der Waals surface area contributed by atoms with Gasteiger partial charge in [-0.1, -0.05) is 17.7 Å². The van der Waals surface area contributed by atoms with Crippen molar-refractivity contribution in [1.82, 2.24) is 0 Å². The molecule has 0 saturated carbocycles. The van der Waals surface area contributed by atoms with Crippen molar-refractivity contribution < 1.29 is 13.9 Å². The average molecular weight is 309 g/mol. The van der Waals surface area contributed by atoms with Crippen molar-refractivity contribution in [3.63, 3.8) is 0 Å². The molecular formula is C15H14ClFN2O2. The van der Waals surface area contributed by atoms with E-state index in [0.717, 1.165) is 5.56 Å². The summed E-state index contributed by atoms with van der Waals surface area (Å²) in [4.78, 5) is 11.8. The number of nitrogens with two attached hydrogens (primary N) is 1. The van der Waals surface area contributed by atoms with Crippen molar-refractivity contribution in [2.24, 2.45) is 0 Å². The van der Waals surface area contributed by atoms with E-state index < -0.39 is 11.7 Å². The van der Waals surface area contributed by atoms with Crippen LogP contribution in [0.5, 0.6) is 5.75 Å². The summed E-state index contributed by atoms with van der Waals surface area (Å²) in [5.74, 6) is -0.541. The first-order valence-corrected chi connectivity index (χ1v) is 6.57. The lowest BCUT2D eigenvalue weighted by atomic mass is 10.2. The number of nitrogens with one attached hydrogen (secondary N) is 1. The highest BCUT2D eigenvalue weighted by molar-refractivity contribution is 6.30. The number of hydrogen-bond donors (Lipinski definition) is 2. The van der Waals surface area contributed by atoms with Gasteiger partial charge in [0.15, 0.2) is 6.61 Å². The van der Waals surface area contributed by atoms with Gasteiger partial charge in [-0.3, -0.25) is 4.79 Å². The maximum atomic E-state index is 13.5. The Bertz CT molecular complexity index is 677. The Morgan fingerprint density at radius 1 is 1.33 bits per heavy atom. The summed E-state index contributed by atoms with van der Waals surface area (Å²) in [6, 6.07) is 9.08. The van der Waals surface area contributed by atoms with E-state index in [1.165, 1.54) is 18.2 Å². The lowest BCUT2D eigenvalue weighted by Gasteiger charge is -2.10. The number of aryl methyl sites for hydroxylation is 1. The Morgan fingerprint density at radius 2 is 2.10 bits per heavy atom. The third-order valence-corrected chi connectivity index (χ3v) is 3.01. The molecule has 0 unspecified atom stereocenters. The minimum Gasteiger partial charge on any atom is -0.483 e. The van der Waals surface area contributed by atoms with Crippen LogP contribution < -0.4 is 15.8 Å². The zero-order valence-electron chi connectivity index (χ0n) is 11.3. The van der Waals surface area contributed by atoms with Gasteiger partial charge in [-0.2, -0.15) is 0 Å². The molecule has 0 atom stereocenters. The van der Waals surface area contributed by atoms with Gasteiger partial charge in [0.1, 0.15) is 11.6 Å². The smallest absolute Gasteiger partial charge is 0.262 e. The second-order valence-electron chi connectivity index (χ2n) is 4.49. The maximum Gasteiger partial charge on any atom is 0.262 e. The highest BCUT2D eigenvalue weighted by Gasteiger charge is 2.09. The molecule has 0 saturated heterocycles. The van der Waals surface area contributed by atoms with Gasteiger partial charge in [0, 0.05) is 10.7 Å². The van der Waals surface area contributed by atoms with Crippen LogP contribution in [0.2, 0.25) is 5.02 Å². The van der Waals surface area contributed by atoms with Crippen molar-refractivity contribution in [2.75, 3.05) is 17.7 Å². The number of halogens is 2. The Balaban J connectivity index is 1.99. The first-order valence-electron chi connectivity index (χ1n) is 6.19. The van der Waals surface area contributed by atoms with Crippen LogP contribution in [-0.4, -0.2) is 12.5 Å². The highest BCUT2D eigenvalue weighted by Crippen LogP contribution is 2.22. The minimum absolute atomic E-state index is 0.0198. The molecule has 6 heteroatoms. The van der Waals surface area contributed by atoms with Crippen molar-refractivity contribution >= 4 is 28.9 Å². The van der Waals surface area contributed by atoms with E-state index in [1.54, 1.807) is 18.2 Å². The van der Waals surface area contributed by atoms with E-state index in [-0.39, 0.29) is 12.3 Å². The Morgan fingerprint density at radius 3 is 2.86 bits per heavy atom. The third-order valence-electron chi connectivity index (χ3n) is 2.77. The summed E-state index contributed by atoms with van der Waals surface area (Å²) in [6.45, 7) is 1.58. The van der Waals surface area contributed by atoms with Crippen LogP contribution in [0.3, 0.4) is 0 Å². The largest absolute Gasteiger partial charge is 0.483 e. The second-order valence-corrected chi connectivity index (χ2v) is 4.92. The lowest BCUT2D eigenvalue weighted by Crippen LogP contribution is -2.21. The Kier molecular flexibility index (Phi) is 4.65. The van der Waals surface area contributed by atoms with Crippen LogP contribution in [0.4, 0.5) is 15.8 Å². The number of anilines is 2. The fraction of sp³-hybridized carbons (Fsp3) is 0.133. The van der Waals surface area contributed by atoms with E-state index in [0.29, 0.717) is 16.5 Å². The summed E-state index contributed by atoms with van der Waals surface area (Å²) in [5, 5.41) is 2.92. The van der Waals surface area contributed by atoms with Gasteiger partial charge in [0.25, 0.3) is 5.91 Å². The van der Waals surface area contributed by atoms with E-state index in [9.17, 15) is 9.18 Å². The number of carbonyl (C=O) groups is 1. The summed E-state index contributed by atoms with van der Waals surface area (Å²) in [7, 11) is 0. The summed E-state index contributed by atoms with van der Waals surface area (Å²) < 4.78 is 18.9. The predicted octanol–water partition coefficient (Wildman–Crippen LogP) is 3.39. The SMILES string of the molecule is Cc1ccc(Cl)cc1OCC(=O)Nc1cc(N)ccc1F. The molecular weight excluding hydrogens is 295 g/mol. The number of amides is 1. The quantitative estimate of drug-likeness (QED) is 0.851. The van der Waals surface area contributed by atoms with Crippen LogP contribution >= 0.6 is 11.6 Å². The summed E-state index contributed by atoms with van der Waals surface area (Å²) in [5.41, 5.74) is 6.77. The fourth-order valence-electron chi connectivity index (χ4n) is 1.70. The molecule has 2 aromatic rings. The third kappa shape index (κ3) is 4.10. The molecule has 0 aliphatic heterocycles. The van der Waals surface area contributed by atoms with Gasteiger partial charge < -0.3 is 15.8 Å². The van der Waals surface area contributed by atoms with Crippen molar-refractivity contribution in [1.29, 1.82) is 0 Å². The van der Waals surface area contributed by atoms with Crippen molar-refractivity contribution in [3.05, 3.63) is 52.8 Å². The minimum atomic E-state index is -0.559. The molecule has 0 radical (unpaired) electrons. The molecule has 0 aromatic heterocycles. The molecule has 0 heterocycles. The summed E-state index contributed by atoms with van der Waals surface area (Å²) >= 11 is 5.86. The zero-order chi connectivity index (χ0) is 15.4. The lowest BCUT2D eigenvalue weighted by molar-refractivity contribution is -0.118. The monoisotopic (exact) mass is 308 g/mol. The Labute approximate surface area is 126 Å². The number of benzene rings is 2.